The van der Waals surface area contributed by atoms with E-state index in [0.29, 0.717) is 25.7 Å². The minimum absolute atomic E-state index is 0.222. The van der Waals surface area contributed by atoms with Crippen molar-refractivity contribution in [3.63, 3.8) is 0 Å². The van der Waals surface area contributed by atoms with Gasteiger partial charge in [-0.1, -0.05) is 0 Å². The van der Waals surface area contributed by atoms with Gasteiger partial charge in [-0.2, -0.15) is 0 Å². The standard InChI is InChI=1S/C19H28N4O4/c1-2-27-18(26)23-10-6-20-16(23)14-3-7-21(8-4-14)15-11-19(12-15)5-9-22(13-19)17(24)25/h6,10,14-15H,2-5,7-9,11-13H2,1H3,(H,24,25). The summed E-state index contributed by atoms with van der Waals surface area (Å²) < 4.78 is 6.65. The van der Waals surface area contributed by atoms with Crippen LogP contribution in [0.3, 0.4) is 0 Å². The van der Waals surface area contributed by atoms with E-state index < -0.39 is 6.09 Å². The van der Waals surface area contributed by atoms with Crippen LogP contribution in [0.5, 0.6) is 0 Å². The molecule has 3 heterocycles. The normalized spacial score (nSPS) is 29.1. The summed E-state index contributed by atoms with van der Waals surface area (Å²) in [6.07, 6.45) is 7.42. The van der Waals surface area contributed by atoms with Crippen LogP contribution in [0.25, 0.3) is 0 Å². The minimum atomic E-state index is -0.784. The van der Waals surface area contributed by atoms with Crippen molar-refractivity contribution in [3.8, 4) is 0 Å². The predicted octanol–water partition coefficient (Wildman–Crippen LogP) is 2.60. The van der Waals surface area contributed by atoms with Crippen LogP contribution < -0.4 is 0 Å². The number of carboxylic acid groups (broad SMARTS) is 1. The fourth-order valence-electron chi connectivity index (χ4n) is 5.12. The molecule has 4 rings (SSSR count). The van der Waals surface area contributed by atoms with E-state index >= 15 is 0 Å². The molecule has 148 valence electrons. The van der Waals surface area contributed by atoms with E-state index in [4.69, 9.17) is 9.84 Å². The molecule has 0 atom stereocenters. The Morgan fingerprint density at radius 3 is 2.67 bits per heavy atom. The lowest BCUT2D eigenvalue weighted by Gasteiger charge is -2.51. The van der Waals surface area contributed by atoms with Crippen LogP contribution in [-0.2, 0) is 4.74 Å². The summed E-state index contributed by atoms with van der Waals surface area (Å²) in [6.45, 7) is 5.55. The largest absolute Gasteiger partial charge is 0.465 e. The first kappa shape index (κ1) is 18.3. The number of hydrogen-bond acceptors (Lipinski definition) is 5. The molecule has 2 aliphatic heterocycles. The molecule has 0 radical (unpaired) electrons. The second kappa shape index (κ2) is 7.14. The Labute approximate surface area is 159 Å². The van der Waals surface area contributed by atoms with Crippen LogP contribution in [0.15, 0.2) is 12.4 Å². The smallest absolute Gasteiger partial charge is 0.419 e. The van der Waals surface area contributed by atoms with Crippen molar-refractivity contribution >= 4 is 12.2 Å². The van der Waals surface area contributed by atoms with E-state index in [2.05, 4.69) is 9.88 Å². The maximum Gasteiger partial charge on any atom is 0.419 e. The third-order valence-electron chi connectivity index (χ3n) is 6.59. The second-order valence-corrected chi connectivity index (χ2v) is 8.18. The van der Waals surface area contributed by atoms with Gasteiger partial charge in [0.1, 0.15) is 5.82 Å². The highest BCUT2D eigenvalue weighted by Gasteiger charge is 2.51. The number of rotatable bonds is 3. The van der Waals surface area contributed by atoms with Crippen LogP contribution in [-0.4, -0.2) is 75.5 Å². The van der Waals surface area contributed by atoms with Gasteiger partial charge in [0, 0.05) is 37.4 Å². The van der Waals surface area contributed by atoms with E-state index in [1.54, 1.807) is 28.8 Å². The Bertz CT molecular complexity index is 704. The summed E-state index contributed by atoms with van der Waals surface area (Å²) in [5, 5.41) is 9.17. The summed E-state index contributed by atoms with van der Waals surface area (Å²) in [6, 6.07) is 0.574. The van der Waals surface area contributed by atoms with Gasteiger partial charge in [-0.3, -0.25) is 0 Å². The van der Waals surface area contributed by atoms with Gasteiger partial charge in [0.05, 0.1) is 6.61 Å². The maximum atomic E-state index is 12.1. The summed E-state index contributed by atoms with van der Waals surface area (Å²) in [5.74, 6) is 1.09. The van der Waals surface area contributed by atoms with Crippen molar-refractivity contribution < 1.29 is 19.4 Å². The Hall–Kier alpha value is -2.09. The molecule has 8 nitrogen and oxygen atoms in total. The fourth-order valence-corrected chi connectivity index (χ4v) is 5.12. The molecule has 1 N–H and O–H groups in total. The number of amides is 1. The molecule has 0 aromatic carbocycles. The number of nitrogens with zero attached hydrogens (tertiary/aromatic N) is 4. The molecule has 1 aliphatic carbocycles. The van der Waals surface area contributed by atoms with Crippen molar-refractivity contribution in [2.75, 3.05) is 32.8 Å². The first-order valence-corrected chi connectivity index (χ1v) is 9.93. The third kappa shape index (κ3) is 3.42. The topological polar surface area (TPSA) is 87.9 Å². The number of hydrogen-bond donors (Lipinski definition) is 1. The van der Waals surface area contributed by atoms with Crippen LogP contribution in [0.1, 0.15) is 50.8 Å². The predicted molar refractivity (Wildman–Crippen MR) is 97.9 cm³/mol. The summed E-state index contributed by atoms with van der Waals surface area (Å²) >= 11 is 0. The zero-order chi connectivity index (χ0) is 19.0. The quantitative estimate of drug-likeness (QED) is 0.872. The highest BCUT2D eigenvalue weighted by Crippen LogP contribution is 2.50. The van der Waals surface area contributed by atoms with Crippen LogP contribution in [0, 0.1) is 5.41 Å². The zero-order valence-corrected chi connectivity index (χ0v) is 15.8. The summed E-state index contributed by atoms with van der Waals surface area (Å²) in [4.78, 5) is 31.7. The molecule has 3 fully saturated rings. The first-order valence-electron chi connectivity index (χ1n) is 9.93. The molecule has 1 spiro atoms. The third-order valence-corrected chi connectivity index (χ3v) is 6.59. The van der Waals surface area contributed by atoms with Gasteiger partial charge >= 0.3 is 12.2 Å². The monoisotopic (exact) mass is 376 g/mol. The van der Waals surface area contributed by atoms with Crippen molar-refractivity contribution in [2.24, 2.45) is 5.41 Å². The lowest BCUT2D eigenvalue weighted by Crippen LogP contribution is -2.54. The molecular weight excluding hydrogens is 348 g/mol. The molecule has 1 amide bonds. The number of carbonyl (C=O) groups excluding carboxylic acids is 1. The highest BCUT2D eigenvalue weighted by atomic mass is 16.5. The molecule has 0 unspecified atom stereocenters. The van der Waals surface area contributed by atoms with Gasteiger partial charge in [0.15, 0.2) is 0 Å². The fraction of sp³-hybridized carbons (Fsp3) is 0.737. The lowest BCUT2D eigenvalue weighted by molar-refractivity contribution is -0.00433. The van der Waals surface area contributed by atoms with E-state index in [9.17, 15) is 9.59 Å². The number of imidazole rings is 1. The number of piperidine rings is 1. The Morgan fingerprint density at radius 1 is 1.30 bits per heavy atom. The van der Waals surface area contributed by atoms with Crippen LogP contribution in [0.2, 0.25) is 0 Å². The van der Waals surface area contributed by atoms with Gasteiger partial charge in [0.25, 0.3) is 0 Å². The van der Waals surface area contributed by atoms with Crippen molar-refractivity contribution in [1.82, 2.24) is 19.4 Å². The van der Waals surface area contributed by atoms with E-state index in [1.165, 1.54) is 0 Å². The van der Waals surface area contributed by atoms with Gasteiger partial charge < -0.3 is 19.6 Å². The number of aromatic nitrogens is 2. The highest BCUT2D eigenvalue weighted by molar-refractivity contribution is 5.71. The number of likely N-dealkylation sites (tertiary alicyclic amines) is 2. The first-order chi connectivity index (χ1) is 13.0. The molecule has 27 heavy (non-hydrogen) atoms. The van der Waals surface area contributed by atoms with Gasteiger partial charge in [-0.05, 0) is 57.5 Å². The zero-order valence-electron chi connectivity index (χ0n) is 15.8. The molecular formula is C19H28N4O4. The molecule has 1 aromatic heterocycles. The molecule has 8 heteroatoms. The summed E-state index contributed by atoms with van der Waals surface area (Å²) in [7, 11) is 0. The van der Waals surface area contributed by atoms with Gasteiger partial charge in [-0.25, -0.2) is 19.1 Å². The minimum Gasteiger partial charge on any atom is -0.465 e. The van der Waals surface area contributed by atoms with Crippen LogP contribution >= 0.6 is 0 Å². The molecule has 2 saturated heterocycles. The van der Waals surface area contributed by atoms with E-state index in [-0.39, 0.29) is 17.4 Å². The van der Waals surface area contributed by atoms with Gasteiger partial charge in [0.2, 0.25) is 0 Å². The average Bonchev–Trinajstić information content (AvgIpc) is 3.28. The van der Waals surface area contributed by atoms with Crippen molar-refractivity contribution in [1.29, 1.82) is 0 Å². The molecule has 1 aromatic rings. The Morgan fingerprint density at radius 2 is 2.04 bits per heavy atom. The number of ether oxygens (including phenoxy) is 1. The average molecular weight is 376 g/mol. The Balaban J connectivity index is 1.29. The van der Waals surface area contributed by atoms with Crippen LogP contribution in [0.4, 0.5) is 9.59 Å². The summed E-state index contributed by atoms with van der Waals surface area (Å²) in [5.41, 5.74) is 0.222. The molecule has 0 bridgehead atoms. The second-order valence-electron chi connectivity index (χ2n) is 8.18. The molecule has 1 saturated carbocycles. The lowest BCUT2D eigenvalue weighted by atomic mass is 9.64. The van der Waals surface area contributed by atoms with Crippen molar-refractivity contribution in [2.45, 2.75) is 51.0 Å². The number of carbonyl (C=O) groups is 2. The molecule has 3 aliphatic rings. The van der Waals surface area contributed by atoms with Gasteiger partial charge in [-0.15, -0.1) is 0 Å². The van der Waals surface area contributed by atoms with E-state index in [0.717, 1.165) is 51.0 Å². The SMILES string of the molecule is CCOC(=O)n1ccnc1C1CCN(C2CC3(CCN(C(=O)O)C3)C2)CC1. The Kier molecular flexibility index (Phi) is 4.84. The maximum absolute atomic E-state index is 12.1. The van der Waals surface area contributed by atoms with E-state index in [1.807, 2.05) is 0 Å². The van der Waals surface area contributed by atoms with Crippen molar-refractivity contribution in [3.05, 3.63) is 18.2 Å².